The summed E-state index contributed by atoms with van der Waals surface area (Å²) < 4.78 is 2.11. The summed E-state index contributed by atoms with van der Waals surface area (Å²) in [7, 11) is 0. The maximum atomic E-state index is 10.7. The highest BCUT2D eigenvalue weighted by atomic mass is 32.2. The molecule has 5 heteroatoms. The van der Waals surface area contributed by atoms with Crippen molar-refractivity contribution in [2.45, 2.75) is 55.8 Å². The first-order chi connectivity index (χ1) is 11.7. The van der Waals surface area contributed by atoms with Gasteiger partial charge in [-0.1, -0.05) is 67.4 Å². The van der Waals surface area contributed by atoms with E-state index >= 15 is 0 Å². The molecule has 0 radical (unpaired) electrons. The summed E-state index contributed by atoms with van der Waals surface area (Å²) in [6.45, 7) is 4.54. The second-order valence-corrected chi connectivity index (χ2v) is 7.48. The van der Waals surface area contributed by atoms with Crippen LogP contribution in [-0.2, 0) is 13.0 Å². The van der Waals surface area contributed by atoms with Gasteiger partial charge in [0.05, 0.1) is 5.60 Å². The summed E-state index contributed by atoms with van der Waals surface area (Å²) in [5.74, 6) is 1.63. The van der Waals surface area contributed by atoms with E-state index in [1.54, 1.807) is 11.8 Å². The summed E-state index contributed by atoms with van der Waals surface area (Å²) in [5.41, 5.74) is 0.672. The molecule has 0 unspecified atom stereocenters. The molecule has 1 saturated carbocycles. The van der Waals surface area contributed by atoms with Crippen molar-refractivity contribution in [2.24, 2.45) is 0 Å². The monoisotopic (exact) mass is 343 g/mol. The van der Waals surface area contributed by atoms with Crippen LogP contribution in [0.4, 0.5) is 0 Å². The van der Waals surface area contributed by atoms with Gasteiger partial charge in [-0.05, 0) is 18.4 Å². The molecule has 2 aromatic rings. The fraction of sp³-hybridized carbons (Fsp3) is 0.474. The standard InChI is InChI=1S/C19H25N3OS/c1-2-13-22-17(14-16-9-5-3-6-10-16)20-21-18(22)24-15-19(23)11-7-4-8-12-19/h2-3,5-6,9-10,23H,1,4,7-8,11-15H2. The van der Waals surface area contributed by atoms with Gasteiger partial charge in [0.15, 0.2) is 5.16 Å². The summed E-state index contributed by atoms with van der Waals surface area (Å²) >= 11 is 1.62. The van der Waals surface area contributed by atoms with Gasteiger partial charge in [0.2, 0.25) is 0 Å². The van der Waals surface area contributed by atoms with E-state index < -0.39 is 5.60 Å². The van der Waals surface area contributed by atoms with Crippen molar-refractivity contribution in [3.63, 3.8) is 0 Å². The number of thioether (sulfide) groups is 1. The lowest BCUT2D eigenvalue weighted by molar-refractivity contribution is 0.0272. The second kappa shape index (κ2) is 7.99. The number of rotatable bonds is 7. The number of hydrogen-bond donors (Lipinski definition) is 1. The normalized spacial score (nSPS) is 16.9. The highest BCUT2D eigenvalue weighted by Crippen LogP contribution is 2.33. The zero-order valence-corrected chi connectivity index (χ0v) is 14.8. The van der Waals surface area contributed by atoms with Crippen LogP contribution in [0.25, 0.3) is 0 Å². The number of nitrogens with zero attached hydrogens (tertiary/aromatic N) is 3. The first-order valence-electron chi connectivity index (χ1n) is 8.62. The molecule has 0 saturated heterocycles. The molecule has 1 aliphatic rings. The zero-order chi connectivity index (χ0) is 16.8. The van der Waals surface area contributed by atoms with Gasteiger partial charge in [-0.3, -0.25) is 0 Å². The number of aliphatic hydroxyl groups is 1. The quantitative estimate of drug-likeness (QED) is 0.613. The molecule has 0 atom stereocenters. The Hall–Kier alpha value is -1.59. The van der Waals surface area contributed by atoms with Crippen LogP contribution in [0.2, 0.25) is 0 Å². The topological polar surface area (TPSA) is 50.9 Å². The predicted octanol–water partition coefficient (Wildman–Crippen LogP) is 3.84. The van der Waals surface area contributed by atoms with Crippen molar-refractivity contribution in [2.75, 3.05) is 5.75 Å². The smallest absolute Gasteiger partial charge is 0.191 e. The van der Waals surface area contributed by atoms with Crippen molar-refractivity contribution >= 4 is 11.8 Å². The van der Waals surface area contributed by atoms with E-state index in [0.29, 0.717) is 12.3 Å². The molecular formula is C19H25N3OS. The molecule has 0 aliphatic heterocycles. The Morgan fingerprint density at radius 1 is 1.17 bits per heavy atom. The fourth-order valence-electron chi connectivity index (χ4n) is 3.20. The van der Waals surface area contributed by atoms with Crippen molar-refractivity contribution in [1.82, 2.24) is 14.8 Å². The summed E-state index contributed by atoms with van der Waals surface area (Å²) in [4.78, 5) is 0. The van der Waals surface area contributed by atoms with Crippen LogP contribution < -0.4 is 0 Å². The molecule has 4 nitrogen and oxygen atoms in total. The minimum atomic E-state index is -0.548. The Morgan fingerprint density at radius 2 is 1.92 bits per heavy atom. The highest BCUT2D eigenvalue weighted by molar-refractivity contribution is 7.99. The van der Waals surface area contributed by atoms with Gasteiger partial charge < -0.3 is 9.67 Å². The molecule has 0 amide bonds. The minimum absolute atomic E-state index is 0.548. The van der Waals surface area contributed by atoms with E-state index in [9.17, 15) is 5.11 Å². The molecule has 3 rings (SSSR count). The van der Waals surface area contributed by atoms with E-state index in [4.69, 9.17) is 0 Å². The molecule has 1 fully saturated rings. The van der Waals surface area contributed by atoms with Crippen molar-refractivity contribution in [3.05, 3.63) is 54.4 Å². The third-order valence-corrected chi connectivity index (χ3v) is 5.81. The molecule has 0 bridgehead atoms. The Bertz CT molecular complexity index is 663. The second-order valence-electron chi connectivity index (χ2n) is 6.53. The molecule has 1 aliphatic carbocycles. The molecular weight excluding hydrogens is 318 g/mol. The third kappa shape index (κ3) is 4.28. The first kappa shape index (κ1) is 17.2. The minimum Gasteiger partial charge on any atom is -0.389 e. The van der Waals surface area contributed by atoms with E-state index in [2.05, 4.69) is 33.5 Å². The van der Waals surface area contributed by atoms with Crippen molar-refractivity contribution in [1.29, 1.82) is 0 Å². The van der Waals surface area contributed by atoms with Gasteiger partial charge in [-0.15, -0.1) is 16.8 Å². The highest BCUT2D eigenvalue weighted by Gasteiger charge is 2.30. The molecule has 0 spiro atoms. The van der Waals surface area contributed by atoms with Gasteiger partial charge in [0.25, 0.3) is 0 Å². The Kier molecular flexibility index (Phi) is 5.74. The third-order valence-electron chi connectivity index (χ3n) is 4.56. The maximum Gasteiger partial charge on any atom is 0.191 e. The van der Waals surface area contributed by atoms with Gasteiger partial charge in [-0.2, -0.15) is 0 Å². The van der Waals surface area contributed by atoms with Gasteiger partial charge in [-0.25, -0.2) is 0 Å². The Labute approximate surface area is 148 Å². The average molecular weight is 343 g/mol. The van der Waals surface area contributed by atoms with E-state index in [-0.39, 0.29) is 0 Å². The van der Waals surface area contributed by atoms with Gasteiger partial charge >= 0.3 is 0 Å². The molecule has 24 heavy (non-hydrogen) atoms. The summed E-state index contributed by atoms with van der Waals surface area (Å²) in [6, 6.07) is 10.3. The number of aromatic nitrogens is 3. The lowest BCUT2D eigenvalue weighted by atomic mass is 9.86. The number of benzene rings is 1. The van der Waals surface area contributed by atoms with Crippen molar-refractivity contribution < 1.29 is 5.11 Å². The SMILES string of the molecule is C=CCn1c(Cc2ccccc2)nnc1SCC1(O)CCCCC1. The molecule has 1 aromatic heterocycles. The number of allylic oxidation sites excluding steroid dienone is 1. The molecule has 1 N–H and O–H groups in total. The lowest BCUT2D eigenvalue weighted by Gasteiger charge is -2.31. The van der Waals surface area contributed by atoms with Gasteiger partial charge in [0.1, 0.15) is 5.82 Å². The van der Waals surface area contributed by atoms with Crippen LogP contribution >= 0.6 is 11.8 Å². The fourth-order valence-corrected chi connectivity index (χ4v) is 4.32. The lowest BCUT2D eigenvalue weighted by Crippen LogP contribution is -2.34. The van der Waals surface area contributed by atoms with Crippen LogP contribution in [0.3, 0.4) is 0 Å². The number of hydrogen-bond acceptors (Lipinski definition) is 4. The summed E-state index contributed by atoms with van der Waals surface area (Å²) in [6.07, 6.45) is 7.90. The van der Waals surface area contributed by atoms with Crippen LogP contribution in [0.1, 0.15) is 43.5 Å². The largest absolute Gasteiger partial charge is 0.389 e. The maximum absolute atomic E-state index is 10.7. The first-order valence-corrected chi connectivity index (χ1v) is 9.61. The van der Waals surface area contributed by atoms with E-state index in [1.807, 2.05) is 24.3 Å². The average Bonchev–Trinajstić information content (AvgIpc) is 2.97. The van der Waals surface area contributed by atoms with E-state index in [1.165, 1.54) is 12.0 Å². The predicted molar refractivity (Wildman–Crippen MR) is 98.2 cm³/mol. The van der Waals surface area contributed by atoms with Crippen LogP contribution in [0, 0.1) is 0 Å². The summed E-state index contributed by atoms with van der Waals surface area (Å²) in [5, 5.41) is 20.3. The van der Waals surface area contributed by atoms with E-state index in [0.717, 1.165) is 43.1 Å². The van der Waals surface area contributed by atoms with Crippen LogP contribution in [-0.4, -0.2) is 31.2 Å². The van der Waals surface area contributed by atoms with Crippen molar-refractivity contribution in [3.8, 4) is 0 Å². The zero-order valence-electron chi connectivity index (χ0n) is 14.0. The van der Waals surface area contributed by atoms with Crippen LogP contribution in [0.15, 0.2) is 48.1 Å². The molecule has 1 heterocycles. The Balaban J connectivity index is 1.72. The molecule has 128 valence electrons. The molecule has 1 aromatic carbocycles. The van der Waals surface area contributed by atoms with Gasteiger partial charge in [0, 0.05) is 18.7 Å². The Morgan fingerprint density at radius 3 is 2.62 bits per heavy atom. The van der Waals surface area contributed by atoms with Crippen LogP contribution in [0.5, 0.6) is 0 Å².